The van der Waals surface area contributed by atoms with Crippen molar-refractivity contribution in [2.45, 2.75) is 19.9 Å². The zero-order valence-electron chi connectivity index (χ0n) is 9.77. The Labute approximate surface area is 106 Å². The molecule has 0 saturated heterocycles. The number of hydrogen-bond donors (Lipinski definition) is 2. The molecule has 3 N–H and O–H groups in total. The molecule has 2 unspecified atom stereocenters. The number of amides is 1. The van der Waals surface area contributed by atoms with Crippen molar-refractivity contribution in [2.24, 2.45) is 17.6 Å². The minimum Gasteiger partial charge on any atom is -0.389 e. The van der Waals surface area contributed by atoms with E-state index in [1.165, 1.54) is 0 Å². The summed E-state index contributed by atoms with van der Waals surface area (Å²) in [4.78, 5) is 12.0. The third kappa shape index (κ3) is 3.03. The summed E-state index contributed by atoms with van der Waals surface area (Å²) in [5.41, 5.74) is 7.42. The van der Waals surface area contributed by atoms with E-state index < -0.39 is 0 Å². The van der Waals surface area contributed by atoms with Crippen LogP contribution in [0.2, 0.25) is 0 Å². The van der Waals surface area contributed by atoms with Crippen molar-refractivity contribution in [1.82, 2.24) is 5.32 Å². The van der Waals surface area contributed by atoms with Crippen LogP contribution in [0, 0.1) is 11.8 Å². The van der Waals surface area contributed by atoms with E-state index in [0.29, 0.717) is 17.5 Å². The summed E-state index contributed by atoms with van der Waals surface area (Å²) in [7, 11) is 0. The fourth-order valence-electron chi connectivity index (χ4n) is 1.84. The molecular weight excluding hydrogens is 232 g/mol. The van der Waals surface area contributed by atoms with E-state index in [2.05, 4.69) is 12.2 Å². The van der Waals surface area contributed by atoms with Crippen LogP contribution < -0.4 is 11.1 Å². The second kappa shape index (κ2) is 4.84. The van der Waals surface area contributed by atoms with Gasteiger partial charge in [-0.25, -0.2) is 0 Å². The molecule has 1 fully saturated rings. The van der Waals surface area contributed by atoms with E-state index in [4.69, 9.17) is 18.0 Å². The number of hydrogen-bond acceptors (Lipinski definition) is 2. The number of nitrogens with one attached hydrogen (secondary N) is 1. The first kappa shape index (κ1) is 12.0. The Morgan fingerprint density at radius 1 is 1.59 bits per heavy atom. The van der Waals surface area contributed by atoms with Gasteiger partial charge in [-0.1, -0.05) is 37.3 Å². The van der Waals surface area contributed by atoms with Gasteiger partial charge < -0.3 is 11.1 Å². The van der Waals surface area contributed by atoms with E-state index >= 15 is 0 Å². The highest BCUT2D eigenvalue weighted by molar-refractivity contribution is 7.80. The predicted octanol–water partition coefficient (Wildman–Crippen LogP) is 1.59. The molecule has 4 heteroatoms. The number of carbonyl (C=O) groups excluding carboxylic acids is 1. The topological polar surface area (TPSA) is 55.1 Å². The number of benzene rings is 1. The number of rotatable bonds is 4. The minimum atomic E-state index is 0.151. The maximum Gasteiger partial charge on any atom is 0.223 e. The molecule has 1 aliphatic carbocycles. The van der Waals surface area contributed by atoms with Crippen LogP contribution in [0.5, 0.6) is 0 Å². The van der Waals surface area contributed by atoms with Crippen molar-refractivity contribution in [3.63, 3.8) is 0 Å². The summed E-state index contributed by atoms with van der Waals surface area (Å²) in [6.45, 7) is 2.64. The minimum absolute atomic E-state index is 0.151. The zero-order chi connectivity index (χ0) is 12.4. The Kier molecular flexibility index (Phi) is 3.43. The molecule has 0 heterocycles. The van der Waals surface area contributed by atoms with Crippen LogP contribution in [0.4, 0.5) is 0 Å². The van der Waals surface area contributed by atoms with E-state index in [-0.39, 0.29) is 11.8 Å². The third-order valence-electron chi connectivity index (χ3n) is 3.12. The number of nitrogens with two attached hydrogens (primary N) is 1. The fraction of sp³-hybridized carbons (Fsp3) is 0.385. The van der Waals surface area contributed by atoms with E-state index in [1.807, 2.05) is 24.3 Å². The third-order valence-corrected chi connectivity index (χ3v) is 3.36. The molecule has 17 heavy (non-hydrogen) atoms. The van der Waals surface area contributed by atoms with Gasteiger partial charge in [-0.3, -0.25) is 4.79 Å². The molecule has 0 radical (unpaired) electrons. The lowest BCUT2D eigenvalue weighted by atomic mass is 10.1. The highest BCUT2D eigenvalue weighted by Crippen LogP contribution is 2.37. The standard InChI is InChI=1S/C13H16N2OS/c1-8-5-11(8)13(16)15-7-9-3-2-4-10(6-9)12(14)17/h2-4,6,8,11H,5,7H2,1H3,(H2,14,17)(H,15,16). The van der Waals surface area contributed by atoms with E-state index in [0.717, 1.165) is 17.5 Å². The molecule has 0 aliphatic heterocycles. The van der Waals surface area contributed by atoms with Crippen LogP contribution in [-0.2, 0) is 11.3 Å². The first-order valence-corrected chi connectivity index (χ1v) is 6.15. The van der Waals surface area contributed by atoms with Gasteiger partial charge in [-0.2, -0.15) is 0 Å². The van der Waals surface area contributed by atoms with Crippen LogP contribution in [0.25, 0.3) is 0 Å². The summed E-state index contributed by atoms with van der Waals surface area (Å²) in [5.74, 6) is 0.907. The van der Waals surface area contributed by atoms with Gasteiger partial charge in [0, 0.05) is 18.0 Å². The van der Waals surface area contributed by atoms with Crippen molar-refractivity contribution in [3.8, 4) is 0 Å². The summed E-state index contributed by atoms with van der Waals surface area (Å²) < 4.78 is 0. The summed E-state index contributed by atoms with van der Waals surface area (Å²) in [5, 5.41) is 2.93. The van der Waals surface area contributed by atoms with Gasteiger partial charge in [0.1, 0.15) is 4.99 Å². The fourth-order valence-corrected chi connectivity index (χ4v) is 1.97. The summed E-state index contributed by atoms with van der Waals surface area (Å²) >= 11 is 4.91. The number of carbonyl (C=O) groups is 1. The average molecular weight is 248 g/mol. The van der Waals surface area contributed by atoms with Crippen molar-refractivity contribution < 1.29 is 4.79 Å². The van der Waals surface area contributed by atoms with E-state index in [1.54, 1.807) is 0 Å². The van der Waals surface area contributed by atoms with Gasteiger partial charge in [-0.15, -0.1) is 0 Å². The lowest BCUT2D eigenvalue weighted by Crippen LogP contribution is -2.25. The molecule has 0 bridgehead atoms. The SMILES string of the molecule is CC1CC1C(=O)NCc1cccc(C(N)=S)c1. The zero-order valence-corrected chi connectivity index (χ0v) is 10.6. The monoisotopic (exact) mass is 248 g/mol. The lowest BCUT2D eigenvalue weighted by molar-refractivity contribution is -0.122. The van der Waals surface area contributed by atoms with Crippen molar-refractivity contribution in [2.75, 3.05) is 0 Å². The molecule has 1 saturated carbocycles. The van der Waals surface area contributed by atoms with Gasteiger partial charge in [-0.05, 0) is 24.0 Å². The number of thiocarbonyl (C=S) groups is 1. The maximum atomic E-state index is 11.6. The molecule has 1 aromatic carbocycles. The van der Waals surface area contributed by atoms with Crippen LogP contribution in [0.15, 0.2) is 24.3 Å². The van der Waals surface area contributed by atoms with Crippen LogP contribution in [0.3, 0.4) is 0 Å². The van der Waals surface area contributed by atoms with Crippen LogP contribution >= 0.6 is 12.2 Å². The Hall–Kier alpha value is -1.42. The average Bonchev–Trinajstić information content (AvgIpc) is 3.04. The first-order valence-electron chi connectivity index (χ1n) is 5.74. The second-order valence-electron chi connectivity index (χ2n) is 4.60. The maximum absolute atomic E-state index is 11.6. The van der Waals surface area contributed by atoms with Gasteiger partial charge >= 0.3 is 0 Å². The van der Waals surface area contributed by atoms with Crippen molar-refractivity contribution in [3.05, 3.63) is 35.4 Å². The Bertz CT molecular complexity index is 458. The van der Waals surface area contributed by atoms with Gasteiger partial charge in [0.25, 0.3) is 0 Å². The quantitative estimate of drug-likeness (QED) is 0.796. The molecule has 0 aromatic heterocycles. The highest BCUT2D eigenvalue weighted by atomic mass is 32.1. The Morgan fingerprint density at radius 2 is 2.29 bits per heavy atom. The van der Waals surface area contributed by atoms with Crippen molar-refractivity contribution >= 4 is 23.1 Å². The lowest BCUT2D eigenvalue weighted by Gasteiger charge is -2.06. The van der Waals surface area contributed by atoms with Crippen LogP contribution in [-0.4, -0.2) is 10.9 Å². The molecule has 2 rings (SSSR count). The largest absolute Gasteiger partial charge is 0.389 e. The van der Waals surface area contributed by atoms with Crippen LogP contribution in [0.1, 0.15) is 24.5 Å². The molecule has 2 atom stereocenters. The van der Waals surface area contributed by atoms with Gasteiger partial charge in [0.15, 0.2) is 0 Å². The normalized spacial score (nSPS) is 21.9. The van der Waals surface area contributed by atoms with Crippen molar-refractivity contribution in [1.29, 1.82) is 0 Å². The van der Waals surface area contributed by atoms with Gasteiger partial charge in [0.05, 0.1) is 0 Å². The molecule has 1 amide bonds. The van der Waals surface area contributed by atoms with E-state index in [9.17, 15) is 4.79 Å². The molecule has 90 valence electrons. The predicted molar refractivity (Wildman–Crippen MR) is 71.4 cm³/mol. The Balaban J connectivity index is 1.92. The second-order valence-corrected chi connectivity index (χ2v) is 5.04. The Morgan fingerprint density at radius 3 is 2.88 bits per heavy atom. The molecular formula is C13H16N2OS. The first-order chi connectivity index (χ1) is 8.08. The summed E-state index contributed by atoms with van der Waals surface area (Å²) in [6, 6.07) is 7.64. The molecule has 1 aliphatic rings. The molecule has 0 spiro atoms. The molecule has 1 aromatic rings. The smallest absolute Gasteiger partial charge is 0.223 e. The van der Waals surface area contributed by atoms with Gasteiger partial charge in [0.2, 0.25) is 5.91 Å². The molecule has 3 nitrogen and oxygen atoms in total. The summed E-state index contributed by atoms with van der Waals surface area (Å²) in [6.07, 6.45) is 1.01. The highest BCUT2D eigenvalue weighted by Gasteiger charge is 2.38.